The predicted molar refractivity (Wildman–Crippen MR) is 113 cm³/mol. The Hall–Kier alpha value is -2.82. The van der Waals surface area contributed by atoms with Crippen LogP contribution in [0.4, 0.5) is 0 Å². The van der Waals surface area contributed by atoms with Crippen LogP contribution in [0.3, 0.4) is 0 Å². The molecule has 5 nitrogen and oxygen atoms in total. The number of ketones is 1. The number of rotatable bonds is 12. The van der Waals surface area contributed by atoms with Gasteiger partial charge in [0.05, 0.1) is 13.2 Å². The maximum Gasteiger partial charge on any atom is 0.298 e. The zero-order valence-electron chi connectivity index (χ0n) is 17.7. The monoisotopic (exact) mass is 398 g/mol. The Kier molecular flexibility index (Phi) is 8.71. The van der Waals surface area contributed by atoms with E-state index in [0.717, 1.165) is 35.3 Å². The summed E-state index contributed by atoms with van der Waals surface area (Å²) in [6, 6.07) is 10.7. The Morgan fingerprint density at radius 2 is 1.66 bits per heavy atom. The van der Waals surface area contributed by atoms with Gasteiger partial charge in [-0.25, -0.2) is 0 Å². The summed E-state index contributed by atoms with van der Waals surface area (Å²) in [5.41, 5.74) is 2.80. The van der Waals surface area contributed by atoms with E-state index in [1.807, 2.05) is 32.0 Å². The molecule has 0 aliphatic rings. The molecule has 0 saturated carbocycles. The van der Waals surface area contributed by atoms with Gasteiger partial charge in [0.15, 0.2) is 5.78 Å². The molecule has 2 aromatic carbocycles. The first-order valence-corrected chi connectivity index (χ1v) is 10.0. The largest absolute Gasteiger partial charge is 0.493 e. The average Bonchev–Trinajstić information content (AvgIpc) is 2.67. The maximum atomic E-state index is 12.4. The molecule has 156 valence electrons. The zero-order valence-corrected chi connectivity index (χ0v) is 17.7. The van der Waals surface area contributed by atoms with Crippen molar-refractivity contribution in [1.29, 1.82) is 0 Å². The summed E-state index contributed by atoms with van der Waals surface area (Å²) < 4.78 is 16.4. The predicted octanol–water partition coefficient (Wildman–Crippen LogP) is 5.31. The van der Waals surface area contributed by atoms with Gasteiger partial charge in [0.25, 0.3) is 6.47 Å². The summed E-state index contributed by atoms with van der Waals surface area (Å²) in [6.45, 7) is 9.60. The third-order valence-electron chi connectivity index (χ3n) is 4.69. The smallest absolute Gasteiger partial charge is 0.298 e. The van der Waals surface area contributed by atoms with E-state index < -0.39 is 0 Å². The minimum absolute atomic E-state index is 0.187. The van der Waals surface area contributed by atoms with Gasteiger partial charge < -0.3 is 14.2 Å². The average molecular weight is 398 g/mol. The summed E-state index contributed by atoms with van der Waals surface area (Å²) in [5.74, 6) is 2.48. The van der Waals surface area contributed by atoms with Crippen LogP contribution in [-0.4, -0.2) is 25.5 Å². The Morgan fingerprint density at radius 1 is 0.966 bits per heavy atom. The van der Waals surface area contributed by atoms with Crippen LogP contribution in [0.5, 0.6) is 17.2 Å². The molecule has 0 amide bonds. The minimum atomic E-state index is 0.187. The molecular weight excluding hydrogens is 368 g/mol. The fourth-order valence-electron chi connectivity index (χ4n) is 3.00. The van der Waals surface area contributed by atoms with Crippen LogP contribution >= 0.6 is 0 Å². The van der Waals surface area contributed by atoms with Gasteiger partial charge in [0.1, 0.15) is 17.2 Å². The number of hydrogen-bond acceptors (Lipinski definition) is 5. The van der Waals surface area contributed by atoms with Crippen LogP contribution in [0.2, 0.25) is 0 Å². The Bertz CT molecular complexity index is 826. The van der Waals surface area contributed by atoms with Crippen molar-refractivity contribution >= 4 is 12.3 Å². The van der Waals surface area contributed by atoms with Gasteiger partial charge in [-0.05, 0) is 68.0 Å². The first-order chi connectivity index (χ1) is 13.9. The van der Waals surface area contributed by atoms with E-state index in [-0.39, 0.29) is 5.78 Å². The molecule has 0 aliphatic heterocycles. The Balaban J connectivity index is 1.77. The SMILES string of the molecule is Cc1c(OCCCCOc2cccc(OC=O)c2)ccc(C(=O)CC(C)C)c1C. The summed E-state index contributed by atoms with van der Waals surface area (Å²) in [5, 5.41) is 0. The fraction of sp³-hybridized carbons (Fsp3) is 0.417. The zero-order chi connectivity index (χ0) is 21.2. The molecule has 0 unspecified atom stereocenters. The Labute approximate surface area is 173 Å². The van der Waals surface area contributed by atoms with Gasteiger partial charge in [0.2, 0.25) is 0 Å². The lowest BCUT2D eigenvalue weighted by Crippen LogP contribution is -2.08. The number of Topliss-reactive ketones (excluding diaryl/α,β-unsaturated/α-hetero) is 1. The molecule has 0 fully saturated rings. The summed E-state index contributed by atoms with van der Waals surface area (Å²) in [7, 11) is 0. The second kappa shape index (κ2) is 11.2. The summed E-state index contributed by atoms with van der Waals surface area (Å²) in [4.78, 5) is 22.7. The summed E-state index contributed by atoms with van der Waals surface area (Å²) in [6.07, 6.45) is 2.24. The van der Waals surface area contributed by atoms with Crippen molar-refractivity contribution in [3.63, 3.8) is 0 Å². The van der Waals surface area contributed by atoms with Crippen molar-refractivity contribution < 1.29 is 23.8 Å². The molecule has 0 heterocycles. The first kappa shape index (κ1) is 22.5. The molecule has 0 N–H and O–H groups in total. The van der Waals surface area contributed by atoms with E-state index in [4.69, 9.17) is 14.2 Å². The van der Waals surface area contributed by atoms with Crippen LogP contribution in [0, 0.1) is 19.8 Å². The highest BCUT2D eigenvalue weighted by Gasteiger charge is 2.14. The molecular formula is C24H30O5. The molecule has 0 saturated heterocycles. The maximum absolute atomic E-state index is 12.4. The number of carbonyl (C=O) groups is 2. The molecule has 2 aromatic rings. The topological polar surface area (TPSA) is 61.8 Å². The first-order valence-electron chi connectivity index (χ1n) is 10.0. The van der Waals surface area contributed by atoms with Crippen LogP contribution in [-0.2, 0) is 4.79 Å². The van der Waals surface area contributed by atoms with Crippen molar-refractivity contribution in [2.75, 3.05) is 13.2 Å². The standard InChI is InChI=1S/C24H30O5/c1-17(2)14-23(26)22-10-11-24(19(4)18(22)3)28-13-6-5-12-27-20-8-7-9-21(15-20)29-16-25/h7-11,15-17H,5-6,12-14H2,1-4H3. The number of unbranched alkanes of at least 4 members (excludes halogenated alkanes) is 1. The van der Waals surface area contributed by atoms with E-state index >= 15 is 0 Å². The van der Waals surface area contributed by atoms with Crippen molar-refractivity contribution in [2.45, 2.75) is 47.0 Å². The van der Waals surface area contributed by atoms with Crippen molar-refractivity contribution in [2.24, 2.45) is 5.92 Å². The van der Waals surface area contributed by atoms with Crippen molar-refractivity contribution in [1.82, 2.24) is 0 Å². The highest BCUT2D eigenvalue weighted by molar-refractivity contribution is 5.98. The number of carbonyl (C=O) groups excluding carboxylic acids is 2. The highest BCUT2D eigenvalue weighted by atomic mass is 16.5. The second-order valence-corrected chi connectivity index (χ2v) is 7.48. The lowest BCUT2D eigenvalue weighted by Gasteiger charge is -2.15. The van der Waals surface area contributed by atoms with Gasteiger partial charge in [-0.15, -0.1) is 0 Å². The van der Waals surface area contributed by atoms with E-state index in [0.29, 0.717) is 43.5 Å². The normalized spacial score (nSPS) is 10.7. The van der Waals surface area contributed by atoms with Crippen LogP contribution in [0.15, 0.2) is 36.4 Å². The van der Waals surface area contributed by atoms with Gasteiger partial charge in [-0.3, -0.25) is 9.59 Å². The van der Waals surface area contributed by atoms with E-state index in [2.05, 4.69) is 13.8 Å². The van der Waals surface area contributed by atoms with Crippen LogP contribution < -0.4 is 14.2 Å². The molecule has 5 heteroatoms. The molecule has 0 atom stereocenters. The van der Waals surface area contributed by atoms with Crippen LogP contribution in [0.25, 0.3) is 0 Å². The minimum Gasteiger partial charge on any atom is -0.493 e. The molecule has 0 radical (unpaired) electrons. The second-order valence-electron chi connectivity index (χ2n) is 7.48. The van der Waals surface area contributed by atoms with Crippen molar-refractivity contribution in [3.05, 3.63) is 53.1 Å². The van der Waals surface area contributed by atoms with Gasteiger partial charge in [-0.2, -0.15) is 0 Å². The molecule has 0 aromatic heterocycles. The van der Waals surface area contributed by atoms with E-state index in [1.54, 1.807) is 18.2 Å². The number of hydrogen-bond donors (Lipinski definition) is 0. The fourth-order valence-corrected chi connectivity index (χ4v) is 3.00. The number of ether oxygens (including phenoxy) is 3. The highest BCUT2D eigenvalue weighted by Crippen LogP contribution is 2.26. The van der Waals surface area contributed by atoms with Crippen molar-refractivity contribution in [3.8, 4) is 17.2 Å². The lowest BCUT2D eigenvalue weighted by atomic mass is 9.95. The van der Waals surface area contributed by atoms with E-state index in [1.165, 1.54) is 0 Å². The third kappa shape index (κ3) is 6.93. The third-order valence-corrected chi connectivity index (χ3v) is 4.69. The summed E-state index contributed by atoms with van der Waals surface area (Å²) >= 11 is 0. The number of benzene rings is 2. The molecule has 0 bridgehead atoms. The quantitative estimate of drug-likeness (QED) is 0.276. The van der Waals surface area contributed by atoms with Crippen LogP contribution in [0.1, 0.15) is 54.6 Å². The molecule has 0 spiro atoms. The lowest BCUT2D eigenvalue weighted by molar-refractivity contribution is -0.120. The van der Waals surface area contributed by atoms with Gasteiger partial charge in [-0.1, -0.05) is 19.9 Å². The molecule has 29 heavy (non-hydrogen) atoms. The van der Waals surface area contributed by atoms with Gasteiger partial charge >= 0.3 is 0 Å². The van der Waals surface area contributed by atoms with E-state index in [9.17, 15) is 9.59 Å². The van der Waals surface area contributed by atoms with Gasteiger partial charge in [0, 0.05) is 18.1 Å². The molecule has 0 aliphatic carbocycles. The Morgan fingerprint density at radius 3 is 2.34 bits per heavy atom. The molecule has 2 rings (SSSR count).